The van der Waals surface area contributed by atoms with Crippen LogP contribution in [0.4, 0.5) is 0 Å². The number of rotatable bonds is 7. The largest absolute Gasteiger partial charge is 0.377 e. The predicted molar refractivity (Wildman–Crippen MR) is 92.9 cm³/mol. The molecule has 0 saturated carbocycles. The van der Waals surface area contributed by atoms with Gasteiger partial charge >= 0.3 is 0 Å². The van der Waals surface area contributed by atoms with Crippen LogP contribution in [-0.2, 0) is 11.3 Å². The maximum Gasteiger partial charge on any atom is 0.223 e. The summed E-state index contributed by atoms with van der Waals surface area (Å²) < 4.78 is 10.6. The lowest BCUT2D eigenvalue weighted by atomic mass is 10.1. The quantitative estimate of drug-likeness (QED) is 0.565. The molecule has 0 atom stereocenters. The van der Waals surface area contributed by atoms with Crippen LogP contribution in [0.1, 0.15) is 38.4 Å². The molecule has 1 saturated heterocycles. The van der Waals surface area contributed by atoms with Crippen LogP contribution in [-0.4, -0.2) is 66.4 Å². The predicted octanol–water partition coefficient (Wildman–Crippen LogP) is 0.932. The van der Waals surface area contributed by atoms with Gasteiger partial charge < -0.3 is 24.8 Å². The molecule has 8 heteroatoms. The number of likely N-dealkylation sites (tertiary alicyclic amines) is 1. The molecule has 2 N–H and O–H groups in total. The first-order chi connectivity index (χ1) is 11.6. The Hall–Kier alpha value is -1.67. The second kappa shape index (κ2) is 9.58. The van der Waals surface area contributed by atoms with E-state index in [-0.39, 0.29) is 0 Å². The molecule has 1 fully saturated rings. The fourth-order valence-electron chi connectivity index (χ4n) is 2.68. The van der Waals surface area contributed by atoms with E-state index in [0.717, 1.165) is 45.0 Å². The molecule has 2 heterocycles. The number of aliphatic imine (C=N–C) groups is 1. The van der Waals surface area contributed by atoms with Gasteiger partial charge in [0.15, 0.2) is 11.8 Å². The zero-order valence-corrected chi connectivity index (χ0v) is 15.2. The van der Waals surface area contributed by atoms with Crippen molar-refractivity contribution < 1.29 is 9.26 Å². The van der Waals surface area contributed by atoms with E-state index in [1.165, 1.54) is 0 Å². The van der Waals surface area contributed by atoms with Crippen LogP contribution in [0.5, 0.6) is 0 Å². The Labute approximate surface area is 144 Å². The van der Waals surface area contributed by atoms with Crippen LogP contribution in [0, 0.1) is 6.92 Å². The van der Waals surface area contributed by atoms with E-state index in [4.69, 9.17) is 9.26 Å². The van der Waals surface area contributed by atoms with Crippen LogP contribution >= 0.6 is 0 Å². The van der Waals surface area contributed by atoms with Gasteiger partial charge in [-0.05, 0) is 26.7 Å². The summed E-state index contributed by atoms with van der Waals surface area (Å²) in [6.45, 7) is 10.4. The summed E-state index contributed by atoms with van der Waals surface area (Å²) in [5, 5.41) is 10.6. The summed E-state index contributed by atoms with van der Waals surface area (Å²) in [6.07, 6.45) is 2.51. The van der Waals surface area contributed by atoms with E-state index in [9.17, 15) is 0 Å². The van der Waals surface area contributed by atoms with Crippen molar-refractivity contribution in [1.82, 2.24) is 25.7 Å². The van der Waals surface area contributed by atoms with Gasteiger partial charge in [-0.2, -0.15) is 4.98 Å². The van der Waals surface area contributed by atoms with E-state index in [0.29, 0.717) is 30.4 Å². The van der Waals surface area contributed by atoms with Gasteiger partial charge in [-0.3, -0.25) is 4.99 Å². The van der Waals surface area contributed by atoms with Crippen molar-refractivity contribution in [2.24, 2.45) is 4.99 Å². The van der Waals surface area contributed by atoms with Crippen LogP contribution in [0.3, 0.4) is 0 Å². The molecule has 1 aliphatic heterocycles. The molecular weight excluding hydrogens is 308 g/mol. The highest BCUT2D eigenvalue weighted by Gasteiger charge is 2.19. The SMILES string of the molecule is CN=C(NCc1noc(C)n1)NC1CCN(CCOC(C)C)CC1. The van der Waals surface area contributed by atoms with Gasteiger partial charge in [0.2, 0.25) is 5.89 Å². The number of nitrogens with zero attached hydrogens (tertiary/aromatic N) is 4. The zero-order valence-electron chi connectivity index (χ0n) is 15.2. The summed E-state index contributed by atoms with van der Waals surface area (Å²) in [5.74, 6) is 1.98. The number of guanidine groups is 1. The topological polar surface area (TPSA) is 87.8 Å². The van der Waals surface area contributed by atoms with E-state index in [2.05, 4.69) is 44.5 Å². The second-order valence-electron chi connectivity index (χ2n) is 6.34. The molecule has 1 aliphatic rings. The van der Waals surface area contributed by atoms with E-state index >= 15 is 0 Å². The standard InChI is InChI=1S/C16H30N6O2/c1-12(2)23-10-9-22-7-5-14(6-8-22)20-16(17-4)18-11-15-19-13(3)24-21-15/h12,14H,5-11H2,1-4H3,(H2,17,18,20). The number of aromatic nitrogens is 2. The van der Waals surface area contributed by atoms with Crippen molar-refractivity contribution in [2.75, 3.05) is 33.3 Å². The van der Waals surface area contributed by atoms with Gasteiger partial charge in [0.25, 0.3) is 0 Å². The fourth-order valence-corrected chi connectivity index (χ4v) is 2.68. The summed E-state index contributed by atoms with van der Waals surface area (Å²) in [4.78, 5) is 10.9. The second-order valence-corrected chi connectivity index (χ2v) is 6.34. The van der Waals surface area contributed by atoms with Gasteiger partial charge in [-0.25, -0.2) is 0 Å². The molecule has 0 bridgehead atoms. The third-order valence-electron chi connectivity index (χ3n) is 3.99. The highest BCUT2D eigenvalue weighted by atomic mass is 16.5. The molecule has 1 aromatic heterocycles. The van der Waals surface area contributed by atoms with E-state index in [1.54, 1.807) is 14.0 Å². The first-order valence-corrected chi connectivity index (χ1v) is 8.67. The van der Waals surface area contributed by atoms with Crippen molar-refractivity contribution in [3.05, 3.63) is 11.7 Å². The Morgan fingerprint density at radius 3 is 2.75 bits per heavy atom. The Balaban J connectivity index is 1.66. The lowest BCUT2D eigenvalue weighted by molar-refractivity contribution is 0.0532. The van der Waals surface area contributed by atoms with Gasteiger partial charge in [0, 0.05) is 39.6 Å². The van der Waals surface area contributed by atoms with Gasteiger partial charge in [-0.15, -0.1) is 0 Å². The summed E-state index contributed by atoms with van der Waals surface area (Å²) in [5.41, 5.74) is 0. The van der Waals surface area contributed by atoms with Crippen LogP contribution in [0.15, 0.2) is 9.52 Å². The molecule has 24 heavy (non-hydrogen) atoms. The number of hydrogen-bond donors (Lipinski definition) is 2. The summed E-state index contributed by atoms with van der Waals surface area (Å²) in [7, 11) is 1.77. The summed E-state index contributed by atoms with van der Waals surface area (Å²) in [6, 6.07) is 0.436. The molecule has 8 nitrogen and oxygen atoms in total. The normalized spacial score (nSPS) is 17.5. The number of piperidine rings is 1. The molecule has 0 aliphatic carbocycles. The Morgan fingerprint density at radius 1 is 1.42 bits per heavy atom. The lowest BCUT2D eigenvalue weighted by Gasteiger charge is -2.33. The third kappa shape index (κ3) is 6.45. The Bertz CT molecular complexity index is 508. The first kappa shape index (κ1) is 18.7. The summed E-state index contributed by atoms with van der Waals surface area (Å²) >= 11 is 0. The first-order valence-electron chi connectivity index (χ1n) is 8.67. The fraction of sp³-hybridized carbons (Fsp3) is 0.812. The van der Waals surface area contributed by atoms with Crippen molar-refractivity contribution in [3.8, 4) is 0 Å². The van der Waals surface area contributed by atoms with Crippen molar-refractivity contribution in [2.45, 2.75) is 52.3 Å². The molecule has 1 aromatic rings. The number of nitrogens with one attached hydrogen (secondary N) is 2. The van der Waals surface area contributed by atoms with Gasteiger partial charge in [0.1, 0.15) is 0 Å². The average Bonchev–Trinajstić information content (AvgIpc) is 2.98. The Morgan fingerprint density at radius 2 is 2.17 bits per heavy atom. The van der Waals surface area contributed by atoms with Crippen molar-refractivity contribution >= 4 is 5.96 Å². The molecule has 0 spiro atoms. The highest BCUT2D eigenvalue weighted by molar-refractivity contribution is 5.79. The molecule has 0 aromatic carbocycles. The molecule has 136 valence electrons. The van der Waals surface area contributed by atoms with Crippen LogP contribution < -0.4 is 10.6 Å². The molecule has 0 amide bonds. The van der Waals surface area contributed by atoms with Gasteiger partial charge in [-0.1, -0.05) is 5.16 Å². The molecular formula is C16H30N6O2. The third-order valence-corrected chi connectivity index (χ3v) is 3.99. The number of ether oxygens (including phenoxy) is 1. The minimum atomic E-state index is 0.307. The lowest BCUT2D eigenvalue weighted by Crippen LogP contribution is -2.49. The highest BCUT2D eigenvalue weighted by Crippen LogP contribution is 2.10. The molecule has 2 rings (SSSR count). The van der Waals surface area contributed by atoms with Crippen molar-refractivity contribution in [3.63, 3.8) is 0 Å². The van der Waals surface area contributed by atoms with Crippen LogP contribution in [0.2, 0.25) is 0 Å². The van der Waals surface area contributed by atoms with Crippen molar-refractivity contribution in [1.29, 1.82) is 0 Å². The zero-order chi connectivity index (χ0) is 17.4. The maximum atomic E-state index is 5.62. The van der Waals surface area contributed by atoms with E-state index < -0.39 is 0 Å². The van der Waals surface area contributed by atoms with E-state index in [1.807, 2.05) is 0 Å². The molecule has 0 unspecified atom stereocenters. The van der Waals surface area contributed by atoms with Gasteiger partial charge in [0.05, 0.1) is 19.3 Å². The number of hydrogen-bond acceptors (Lipinski definition) is 6. The van der Waals surface area contributed by atoms with Crippen LogP contribution in [0.25, 0.3) is 0 Å². The minimum Gasteiger partial charge on any atom is -0.377 e. The number of aryl methyl sites for hydroxylation is 1. The minimum absolute atomic E-state index is 0.307. The monoisotopic (exact) mass is 338 g/mol. The smallest absolute Gasteiger partial charge is 0.223 e. The maximum absolute atomic E-state index is 5.62. The molecule has 0 radical (unpaired) electrons. The Kier molecular flexibility index (Phi) is 7.45. The average molecular weight is 338 g/mol.